The minimum atomic E-state index is -1.07. The largest absolute Gasteiger partial charge is 0.550 e. The van der Waals surface area contributed by atoms with E-state index in [1.54, 1.807) is 0 Å². The lowest BCUT2D eigenvalue weighted by Crippen LogP contribution is -2.67. The van der Waals surface area contributed by atoms with Crippen LogP contribution in [0.5, 0.6) is 0 Å². The molecule has 0 atom stereocenters. The van der Waals surface area contributed by atoms with Gasteiger partial charge in [0.25, 0.3) is 0 Å². The second-order valence-electron chi connectivity index (χ2n) is 7.82. The van der Waals surface area contributed by atoms with Crippen LogP contribution in [-0.2, 0) is 9.59 Å². The second kappa shape index (κ2) is 2.91. The molecule has 0 spiro atoms. The van der Waals surface area contributed by atoms with E-state index in [1.165, 1.54) is 0 Å². The van der Waals surface area contributed by atoms with E-state index in [9.17, 15) is 19.8 Å². The van der Waals surface area contributed by atoms with Crippen LogP contribution >= 0.6 is 0 Å². The van der Waals surface area contributed by atoms with Gasteiger partial charge < -0.3 is 19.8 Å². The van der Waals surface area contributed by atoms with Crippen LogP contribution in [0.15, 0.2) is 0 Å². The summed E-state index contributed by atoms with van der Waals surface area (Å²) in [4.78, 5) is 23.2. The molecule has 4 aliphatic carbocycles. The average molecular weight is 250 g/mol. The van der Waals surface area contributed by atoms with Crippen molar-refractivity contribution in [3.8, 4) is 0 Å². The van der Waals surface area contributed by atoms with Gasteiger partial charge in [0.05, 0.1) is 0 Å². The highest BCUT2D eigenvalue weighted by atomic mass is 16.4. The smallest absolute Gasteiger partial charge is 0.0476 e. The van der Waals surface area contributed by atoms with Gasteiger partial charge in [-0.15, -0.1) is 0 Å². The highest BCUT2D eigenvalue weighted by Gasteiger charge is 2.66. The highest BCUT2D eigenvalue weighted by Crippen LogP contribution is 2.73. The van der Waals surface area contributed by atoms with Crippen molar-refractivity contribution in [2.75, 3.05) is 0 Å². The Balaban J connectivity index is 2.15. The second-order valence-corrected chi connectivity index (χ2v) is 7.82. The van der Waals surface area contributed by atoms with Gasteiger partial charge in [0.2, 0.25) is 0 Å². The Morgan fingerprint density at radius 1 is 0.722 bits per heavy atom. The predicted molar refractivity (Wildman–Crippen MR) is 58.8 cm³/mol. The molecule has 0 aromatic carbocycles. The molecule has 0 N–H and O–H groups in total. The van der Waals surface area contributed by atoms with Crippen LogP contribution in [0, 0.1) is 21.7 Å². The third kappa shape index (κ3) is 1.32. The number of hydrogen-bond donors (Lipinski definition) is 0. The van der Waals surface area contributed by atoms with Gasteiger partial charge in [-0.25, -0.2) is 0 Å². The van der Waals surface area contributed by atoms with Crippen molar-refractivity contribution in [1.29, 1.82) is 0 Å². The quantitative estimate of drug-likeness (QED) is 0.682. The summed E-state index contributed by atoms with van der Waals surface area (Å²) >= 11 is 0. The Hall–Kier alpha value is -1.06. The molecule has 4 aliphatic rings. The van der Waals surface area contributed by atoms with Gasteiger partial charge in [0.15, 0.2) is 0 Å². The normalized spacial score (nSPS) is 53.4. The molecule has 0 radical (unpaired) electrons. The lowest BCUT2D eigenvalue weighted by atomic mass is 9.36. The van der Waals surface area contributed by atoms with E-state index in [0.717, 1.165) is 6.42 Å². The summed E-state index contributed by atoms with van der Waals surface area (Å²) in [7, 11) is 0. The summed E-state index contributed by atoms with van der Waals surface area (Å²) in [5, 5.41) is 23.2. The Labute approximate surface area is 106 Å². The zero-order valence-corrected chi connectivity index (χ0v) is 10.9. The molecule has 4 heteroatoms. The number of carbonyl (C=O) groups is 2. The monoisotopic (exact) mass is 250 g/mol. The van der Waals surface area contributed by atoms with Gasteiger partial charge in [0.1, 0.15) is 0 Å². The molecule has 4 rings (SSSR count). The summed E-state index contributed by atoms with van der Waals surface area (Å²) in [5.74, 6) is -2.13. The first-order valence-electron chi connectivity index (χ1n) is 6.56. The number of carbonyl (C=O) groups excluding carboxylic acids is 2. The molecule has 100 valence electrons. The van der Waals surface area contributed by atoms with E-state index in [0.29, 0.717) is 25.7 Å². The zero-order chi connectivity index (χ0) is 13.4. The number of hydrogen-bond acceptors (Lipinski definition) is 4. The summed E-state index contributed by atoms with van der Waals surface area (Å²) in [6.07, 6.45) is 3.37. The van der Waals surface area contributed by atoms with Gasteiger partial charge in [-0.05, 0) is 49.4 Å². The van der Waals surface area contributed by atoms with Crippen LogP contribution in [0.4, 0.5) is 0 Å². The van der Waals surface area contributed by atoms with Crippen molar-refractivity contribution in [2.45, 2.75) is 52.4 Å². The zero-order valence-electron chi connectivity index (χ0n) is 10.9. The van der Waals surface area contributed by atoms with Crippen molar-refractivity contribution in [2.24, 2.45) is 21.7 Å². The Morgan fingerprint density at radius 3 is 1.33 bits per heavy atom. The Kier molecular flexibility index (Phi) is 1.94. The molecule has 0 heterocycles. The van der Waals surface area contributed by atoms with Gasteiger partial charge in [0, 0.05) is 22.8 Å². The summed E-state index contributed by atoms with van der Waals surface area (Å²) < 4.78 is 0. The van der Waals surface area contributed by atoms with E-state index in [-0.39, 0.29) is 17.3 Å². The van der Waals surface area contributed by atoms with Crippen LogP contribution in [0.25, 0.3) is 0 Å². The maximum atomic E-state index is 11.6. The molecular formula is C14H18O4-2. The minimum Gasteiger partial charge on any atom is -0.550 e. The molecule has 4 nitrogen and oxygen atoms in total. The molecule has 0 saturated heterocycles. The maximum absolute atomic E-state index is 11.6. The lowest BCUT2D eigenvalue weighted by Gasteiger charge is -2.70. The molecule has 0 aromatic rings. The van der Waals surface area contributed by atoms with E-state index in [1.807, 2.05) is 13.8 Å². The number of aliphatic carboxylic acids is 2. The van der Waals surface area contributed by atoms with Crippen LogP contribution in [0.1, 0.15) is 52.4 Å². The van der Waals surface area contributed by atoms with E-state index in [4.69, 9.17) is 0 Å². The fraction of sp³-hybridized carbons (Fsp3) is 0.857. The third-order valence-electron chi connectivity index (χ3n) is 5.46. The van der Waals surface area contributed by atoms with Crippen molar-refractivity contribution in [1.82, 2.24) is 0 Å². The Morgan fingerprint density at radius 2 is 1.06 bits per heavy atom. The summed E-state index contributed by atoms with van der Waals surface area (Å²) in [6.45, 7) is 4.05. The summed E-state index contributed by atoms with van der Waals surface area (Å²) in [6, 6.07) is 0. The average Bonchev–Trinajstić information content (AvgIpc) is 2.10. The number of carboxylic acids is 2. The molecular weight excluding hydrogens is 232 g/mol. The van der Waals surface area contributed by atoms with Crippen molar-refractivity contribution >= 4 is 11.9 Å². The fourth-order valence-electron chi connectivity index (χ4n) is 6.13. The van der Waals surface area contributed by atoms with Crippen molar-refractivity contribution < 1.29 is 19.8 Å². The van der Waals surface area contributed by atoms with Crippen molar-refractivity contribution in [3.63, 3.8) is 0 Å². The first-order chi connectivity index (χ1) is 8.13. The molecule has 0 aromatic heterocycles. The first-order valence-corrected chi connectivity index (χ1v) is 6.56. The van der Waals surface area contributed by atoms with Gasteiger partial charge in [-0.2, -0.15) is 0 Å². The van der Waals surface area contributed by atoms with Crippen LogP contribution < -0.4 is 10.2 Å². The van der Waals surface area contributed by atoms with Crippen LogP contribution in [-0.4, -0.2) is 11.9 Å². The SMILES string of the molecule is CC12CC3(C)CC(C(=O)[O-])(C1)CC(C(=O)[O-])(C2)C3. The minimum absolute atomic E-state index is 0.191. The molecule has 4 bridgehead atoms. The molecule has 0 aliphatic heterocycles. The Bertz CT molecular complexity index is 399. The van der Waals surface area contributed by atoms with Crippen molar-refractivity contribution in [3.05, 3.63) is 0 Å². The summed E-state index contributed by atoms with van der Waals surface area (Å²) in [5.41, 5.74) is -2.27. The standard InChI is InChI=1S/C14H20O4/c1-11-3-12(2)6-13(4-11,9(15)16)8-14(5-11,7-12)10(17)18/h3-8H2,1-2H3,(H,15,16)(H,17,18)/p-2. The fourth-order valence-corrected chi connectivity index (χ4v) is 6.13. The lowest BCUT2D eigenvalue weighted by molar-refractivity contribution is -0.350. The topological polar surface area (TPSA) is 80.3 Å². The molecule has 18 heavy (non-hydrogen) atoms. The van der Waals surface area contributed by atoms with E-state index >= 15 is 0 Å². The van der Waals surface area contributed by atoms with Gasteiger partial charge in [-0.3, -0.25) is 0 Å². The number of carboxylic acid groups (broad SMARTS) is 2. The molecule has 4 fully saturated rings. The molecule has 4 saturated carbocycles. The third-order valence-corrected chi connectivity index (χ3v) is 5.46. The van der Waals surface area contributed by atoms with Gasteiger partial charge in [-0.1, -0.05) is 13.8 Å². The predicted octanol–water partition coefficient (Wildman–Crippen LogP) is -0.147. The number of rotatable bonds is 2. The van der Waals surface area contributed by atoms with E-state index in [2.05, 4.69) is 0 Å². The highest BCUT2D eigenvalue weighted by molar-refractivity contribution is 5.79. The maximum Gasteiger partial charge on any atom is 0.0476 e. The first kappa shape index (κ1) is 12.0. The van der Waals surface area contributed by atoms with Crippen LogP contribution in [0.3, 0.4) is 0 Å². The molecule has 0 unspecified atom stereocenters. The van der Waals surface area contributed by atoms with E-state index < -0.39 is 22.8 Å². The van der Waals surface area contributed by atoms with Crippen LogP contribution in [0.2, 0.25) is 0 Å². The van der Waals surface area contributed by atoms with Gasteiger partial charge >= 0.3 is 0 Å². The molecule has 0 amide bonds.